The SMILES string of the molecule is CC(C)(C(N)=O)n1c(O)c(-c2ccccc2)c(=O)[nH]c1=O. The number of benzene rings is 1. The predicted octanol–water partition coefficient (Wildman–Crippen LogP) is 0.130. The number of nitrogens with one attached hydrogen (secondary N) is 1. The fourth-order valence-electron chi connectivity index (χ4n) is 2.02. The van der Waals surface area contributed by atoms with E-state index in [1.54, 1.807) is 30.3 Å². The van der Waals surface area contributed by atoms with Crippen molar-refractivity contribution in [2.45, 2.75) is 19.4 Å². The summed E-state index contributed by atoms with van der Waals surface area (Å²) in [5, 5.41) is 10.3. The van der Waals surface area contributed by atoms with E-state index in [2.05, 4.69) is 4.98 Å². The Kier molecular flexibility index (Phi) is 3.42. The highest BCUT2D eigenvalue weighted by Crippen LogP contribution is 2.27. The first-order valence-corrected chi connectivity index (χ1v) is 6.21. The highest BCUT2D eigenvalue weighted by molar-refractivity contribution is 5.82. The molecule has 1 heterocycles. The first kappa shape index (κ1) is 14.6. The van der Waals surface area contributed by atoms with Crippen molar-refractivity contribution in [2.75, 3.05) is 0 Å². The second-order valence-electron chi connectivity index (χ2n) is 5.08. The molecule has 1 aromatic heterocycles. The van der Waals surface area contributed by atoms with Crippen LogP contribution in [0, 0.1) is 0 Å². The van der Waals surface area contributed by atoms with E-state index >= 15 is 0 Å². The predicted molar refractivity (Wildman–Crippen MR) is 76.9 cm³/mol. The van der Waals surface area contributed by atoms with Gasteiger partial charge in [-0.2, -0.15) is 0 Å². The minimum Gasteiger partial charge on any atom is -0.494 e. The molecule has 0 radical (unpaired) electrons. The van der Waals surface area contributed by atoms with E-state index in [0.29, 0.717) is 5.56 Å². The van der Waals surface area contributed by atoms with Crippen LogP contribution in [-0.4, -0.2) is 20.6 Å². The Morgan fingerprint density at radius 2 is 1.81 bits per heavy atom. The largest absolute Gasteiger partial charge is 0.494 e. The van der Waals surface area contributed by atoms with E-state index in [4.69, 9.17) is 5.73 Å². The van der Waals surface area contributed by atoms with E-state index in [-0.39, 0.29) is 5.56 Å². The van der Waals surface area contributed by atoms with Gasteiger partial charge in [0.2, 0.25) is 11.8 Å². The molecule has 0 bridgehead atoms. The molecule has 0 spiro atoms. The Labute approximate surface area is 119 Å². The van der Waals surface area contributed by atoms with E-state index in [1.165, 1.54) is 13.8 Å². The average Bonchev–Trinajstić information content (AvgIpc) is 2.38. The third-order valence-electron chi connectivity index (χ3n) is 3.31. The minimum absolute atomic E-state index is 0.0930. The smallest absolute Gasteiger partial charge is 0.332 e. The van der Waals surface area contributed by atoms with Gasteiger partial charge < -0.3 is 10.8 Å². The van der Waals surface area contributed by atoms with E-state index in [1.807, 2.05) is 0 Å². The van der Waals surface area contributed by atoms with Gasteiger partial charge >= 0.3 is 5.69 Å². The Bertz CT molecular complexity index is 803. The average molecular weight is 289 g/mol. The zero-order valence-corrected chi connectivity index (χ0v) is 11.6. The molecule has 1 amide bonds. The first-order valence-electron chi connectivity index (χ1n) is 6.21. The molecule has 0 aliphatic heterocycles. The summed E-state index contributed by atoms with van der Waals surface area (Å²) in [7, 11) is 0. The second kappa shape index (κ2) is 4.93. The maximum absolute atomic E-state index is 12.0. The van der Waals surface area contributed by atoms with Gasteiger partial charge in [-0.15, -0.1) is 0 Å². The summed E-state index contributed by atoms with van der Waals surface area (Å²) in [6.07, 6.45) is 0. The number of carbonyl (C=O) groups excluding carboxylic acids is 1. The maximum Gasteiger partial charge on any atom is 0.332 e. The number of rotatable bonds is 3. The number of carbonyl (C=O) groups is 1. The van der Waals surface area contributed by atoms with Crippen molar-refractivity contribution < 1.29 is 9.90 Å². The van der Waals surface area contributed by atoms with Crippen molar-refractivity contribution in [3.05, 3.63) is 51.2 Å². The van der Waals surface area contributed by atoms with Crippen molar-refractivity contribution in [2.24, 2.45) is 5.73 Å². The molecule has 0 fully saturated rings. The molecule has 0 unspecified atom stereocenters. The summed E-state index contributed by atoms with van der Waals surface area (Å²) < 4.78 is 0.777. The van der Waals surface area contributed by atoms with E-state index in [9.17, 15) is 19.5 Å². The molecule has 2 rings (SSSR count). The third kappa shape index (κ3) is 2.33. The molecule has 0 aliphatic rings. The molecule has 0 saturated carbocycles. The molecular weight excluding hydrogens is 274 g/mol. The number of primary amides is 1. The number of hydrogen-bond donors (Lipinski definition) is 3. The minimum atomic E-state index is -1.49. The van der Waals surface area contributed by atoms with Crippen molar-refractivity contribution in [1.82, 2.24) is 9.55 Å². The third-order valence-corrected chi connectivity index (χ3v) is 3.31. The molecule has 21 heavy (non-hydrogen) atoms. The lowest BCUT2D eigenvalue weighted by atomic mass is 10.0. The molecule has 0 aliphatic carbocycles. The van der Waals surface area contributed by atoms with Crippen molar-refractivity contribution in [1.29, 1.82) is 0 Å². The van der Waals surface area contributed by atoms with Gasteiger partial charge in [-0.3, -0.25) is 14.6 Å². The zero-order chi connectivity index (χ0) is 15.8. The zero-order valence-electron chi connectivity index (χ0n) is 11.6. The van der Waals surface area contributed by atoms with E-state index in [0.717, 1.165) is 4.57 Å². The van der Waals surface area contributed by atoms with Crippen LogP contribution in [0.15, 0.2) is 39.9 Å². The number of H-pyrrole nitrogens is 1. The van der Waals surface area contributed by atoms with Crippen LogP contribution >= 0.6 is 0 Å². The Hall–Kier alpha value is -2.83. The molecule has 7 nitrogen and oxygen atoms in total. The van der Waals surface area contributed by atoms with Crippen LogP contribution in [0.2, 0.25) is 0 Å². The van der Waals surface area contributed by atoms with Gasteiger partial charge in [-0.1, -0.05) is 30.3 Å². The summed E-state index contributed by atoms with van der Waals surface area (Å²) >= 11 is 0. The van der Waals surface area contributed by atoms with Gasteiger partial charge in [0.25, 0.3) is 5.56 Å². The van der Waals surface area contributed by atoms with Gasteiger partial charge in [0.1, 0.15) is 11.1 Å². The summed E-state index contributed by atoms with van der Waals surface area (Å²) in [6.45, 7) is 2.76. The molecule has 110 valence electrons. The summed E-state index contributed by atoms with van der Waals surface area (Å²) in [4.78, 5) is 37.5. The van der Waals surface area contributed by atoms with Crippen LogP contribution in [0.1, 0.15) is 13.8 Å². The molecule has 2 aromatic rings. The van der Waals surface area contributed by atoms with Gasteiger partial charge in [-0.05, 0) is 19.4 Å². The highest BCUT2D eigenvalue weighted by Gasteiger charge is 2.33. The number of nitrogens with two attached hydrogens (primary N) is 1. The van der Waals surface area contributed by atoms with Crippen LogP contribution in [-0.2, 0) is 10.3 Å². The van der Waals surface area contributed by atoms with Crippen molar-refractivity contribution >= 4 is 5.91 Å². The number of aromatic hydroxyl groups is 1. The normalized spacial score (nSPS) is 11.3. The molecule has 7 heteroatoms. The fourth-order valence-corrected chi connectivity index (χ4v) is 2.02. The van der Waals surface area contributed by atoms with Crippen LogP contribution in [0.25, 0.3) is 11.1 Å². The summed E-state index contributed by atoms with van der Waals surface area (Å²) in [5.74, 6) is -1.41. The van der Waals surface area contributed by atoms with E-state index < -0.39 is 28.6 Å². The van der Waals surface area contributed by atoms with Crippen LogP contribution in [0.5, 0.6) is 5.88 Å². The van der Waals surface area contributed by atoms with Crippen molar-refractivity contribution in [3.63, 3.8) is 0 Å². The molecule has 4 N–H and O–H groups in total. The quantitative estimate of drug-likeness (QED) is 0.744. The lowest BCUT2D eigenvalue weighted by Crippen LogP contribution is -2.48. The van der Waals surface area contributed by atoms with Gasteiger partial charge in [0.15, 0.2) is 0 Å². The lowest BCUT2D eigenvalue weighted by Gasteiger charge is -2.25. The standard InChI is InChI=1S/C14H15N3O4/c1-14(2,12(15)20)17-11(19)9(10(18)16-13(17)21)8-6-4-3-5-7-8/h3-7,19H,1-2H3,(H2,15,20)(H,16,18,21). The molecule has 0 saturated heterocycles. The lowest BCUT2D eigenvalue weighted by molar-refractivity contribution is -0.125. The fraction of sp³-hybridized carbons (Fsp3) is 0.214. The first-order chi connectivity index (χ1) is 9.76. The monoisotopic (exact) mass is 289 g/mol. The van der Waals surface area contributed by atoms with Crippen LogP contribution in [0.3, 0.4) is 0 Å². The molecule has 0 atom stereocenters. The Morgan fingerprint density at radius 1 is 1.24 bits per heavy atom. The molecular formula is C14H15N3O4. The van der Waals surface area contributed by atoms with Gasteiger partial charge in [0, 0.05) is 0 Å². The number of amides is 1. The Balaban J connectivity index is 2.86. The topological polar surface area (TPSA) is 118 Å². The summed E-state index contributed by atoms with van der Waals surface area (Å²) in [6, 6.07) is 8.33. The van der Waals surface area contributed by atoms with Crippen molar-refractivity contribution in [3.8, 4) is 17.0 Å². The number of hydrogen-bond acceptors (Lipinski definition) is 4. The molecule has 1 aromatic carbocycles. The van der Waals surface area contributed by atoms with Crippen LogP contribution < -0.4 is 17.0 Å². The van der Waals surface area contributed by atoms with Crippen LogP contribution in [0.4, 0.5) is 0 Å². The highest BCUT2D eigenvalue weighted by atomic mass is 16.3. The van der Waals surface area contributed by atoms with Gasteiger partial charge in [0.05, 0.1) is 0 Å². The second-order valence-corrected chi connectivity index (χ2v) is 5.08. The Morgan fingerprint density at radius 3 is 2.33 bits per heavy atom. The van der Waals surface area contributed by atoms with Gasteiger partial charge in [-0.25, -0.2) is 9.36 Å². The number of aromatic nitrogens is 2. The number of aromatic amines is 1. The number of nitrogens with zero attached hydrogens (tertiary/aromatic N) is 1. The maximum atomic E-state index is 12.0. The summed E-state index contributed by atoms with van der Waals surface area (Å²) in [5.41, 5.74) is 2.46.